The van der Waals surface area contributed by atoms with Gasteiger partial charge in [0.15, 0.2) is 9.84 Å². The standard InChI is InChI=1S/C18H24N2O4S/c1-13-4-3-8-20(11-13)18(22)15-6-2-5-14(10-15)17(21)19-16-7-9-25(23,24)12-16/h2,5-6,10,13,16H,3-4,7-9,11-12H2,1H3,(H,19,21). The molecule has 3 rings (SSSR count). The molecular weight excluding hydrogens is 340 g/mol. The molecule has 6 nitrogen and oxygen atoms in total. The van der Waals surface area contributed by atoms with Gasteiger partial charge in [-0.05, 0) is 43.4 Å². The van der Waals surface area contributed by atoms with E-state index in [0.717, 1.165) is 25.9 Å². The fourth-order valence-electron chi connectivity index (χ4n) is 3.53. The van der Waals surface area contributed by atoms with E-state index in [4.69, 9.17) is 0 Å². The lowest BCUT2D eigenvalue weighted by Gasteiger charge is -2.31. The summed E-state index contributed by atoms with van der Waals surface area (Å²) in [4.78, 5) is 26.9. The molecule has 0 spiro atoms. The fourth-order valence-corrected chi connectivity index (χ4v) is 5.20. The maximum Gasteiger partial charge on any atom is 0.253 e. The second-order valence-corrected chi connectivity index (χ2v) is 9.38. The van der Waals surface area contributed by atoms with Crippen LogP contribution in [-0.4, -0.2) is 55.8 Å². The van der Waals surface area contributed by atoms with Gasteiger partial charge < -0.3 is 10.2 Å². The quantitative estimate of drug-likeness (QED) is 0.880. The lowest BCUT2D eigenvalue weighted by molar-refractivity contribution is 0.0683. The van der Waals surface area contributed by atoms with Crippen LogP contribution in [0.25, 0.3) is 0 Å². The van der Waals surface area contributed by atoms with Gasteiger partial charge in [0.05, 0.1) is 11.5 Å². The Labute approximate surface area is 148 Å². The average Bonchev–Trinajstić information content (AvgIpc) is 2.93. The first-order chi connectivity index (χ1) is 11.8. The summed E-state index contributed by atoms with van der Waals surface area (Å²) < 4.78 is 23.0. The van der Waals surface area contributed by atoms with E-state index < -0.39 is 9.84 Å². The zero-order valence-corrected chi connectivity index (χ0v) is 15.2. The second kappa shape index (κ2) is 7.15. The number of carbonyl (C=O) groups is 2. The summed E-state index contributed by atoms with van der Waals surface area (Å²) in [6, 6.07) is 6.31. The van der Waals surface area contributed by atoms with Crippen molar-refractivity contribution in [3.8, 4) is 0 Å². The largest absolute Gasteiger partial charge is 0.348 e. The lowest BCUT2D eigenvalue weighted by Crippen LogP contribution is -2.39. The molecule has 25 heavy (non-hydrogen) atoms. The number of sulfone groups is 1. The molecule has 2 aliphatic rings. The van der Waals surface area contributed by atoms with E-state index in [1.54, 1.807) is 24.3 Å². The number of nitrogens with one attached hydrogen (secondary N) is 1. The summed E-state index contributed by atoms with van der Waals surface area (Å²) in [7, 11) is -3.04. The smallest absolute Gasteiger partial charge is 0.253 e. The third-order valence-corrected chi connectivity index (χ3v) is 6.65. The van der Waals surface area contributed by atoms with Crippen LogP contribution in [0.4, 0.5) is 0 Å². The zero-order valence-electron chi connectivity index (χ0n) is 14.4. The zero-order chi connectivity index (χ0) is 18.0. The highest BCUT2D eigenvalue weighted by Gasteiger charge is 2.29. The monoisotopic (exact) mass is 364 g/mol. The number of hydrogen-bond donors (Lipinski definition) is 1. The summed E-state index contributed by atoms with van der Waals surface area (Å²) in [5.74, 6) is 0.217. The number of benzene rings is 1. The maximum atomic E-state index is 12.7. The molecule has 2 atom stereocenters. The van der Waals surface area contributed by atoms with Crippen LogP contribution in [-0.2, 0) is 9.84 Å². The summed E-state index contributed by atoms with van der Waals surface area (Å²) in [5.41, 5.74) is 0.890. The highest BCUT2D eigenvalue weighted by molar-refractivity contribution is 7.91. The molecule has 2 saturated heterocycles. The van der Waals surface area contributed by atoms with E-state index in [9.17, 15) is 18.0 Å². The maximum absolute atomic E-state index is 12.7. The van der Waals surface area contributed by atoms with Crippen LogP contribution < -0.4 is 5.32 Å². The third-order valence-electron chi connectivity index (χ3n) is 4.88. The van der Waals surface area contributed by atoms with Gasteiger partial charge >= 0.3 is 0 Å². The minimum absolute atomic E-state index is 0.0109. The van der Waals surface area contributed by atoms with Crippen LogP contribution in [0, 0.1) is 5.92 Å². The van der Waals surface area contributed by atoms with Crippen molar-refractivity contribution in [1.82, 2.24) is 10.2 Å². The van der Waals surface area contributed by atoms with Gasteiger partial charge in [-0.15, -0.1) is 0 Å². The van der Waals surface area contributed by atoms with E-state index in [2.05, 4.69) is 12.2 Å². The van der Waals surface area contributed by atoms with Gasteiger partial charge in [0.1, 0.15) is 0 Å². The van der Waals surface area contributed by atoms with Crippen molar-refractivity contribution in [1.29, 1.82) is 0 Å². The second-order valence-electron chi connectivity index (χ2n) is 7.15. The lowest BCUT2D eigenvalue weighted by atomic mass is 9.99. The normalized spacial score (nSPS) is 25.6. The summed E-state index contributed by atoms with van der Waals surface area (Å²) in [5, 5.41) is 2.76. The Hall–Kier alpha value is -1.89. The van der Waals surface area contributed by atoms with Crippen LogP contribution in [0.15, 0.2) is 24.3 Å². The van der Waals surface area contributed by atoms with Crippen molar-refractivity contribution in [2.24, 2.45) is 5.92 Å². The van der Waals surface area contributed by atoms with Crippen LogP contribution in [0.5, 0.6) is 0 Å². The number of piperidine rings is 1. The summed E-state index contributed by atoms with van der Waals surface area (Å²) in [6.07, 6.45) is 2.58. The molecule has 1 aromatic carbocycles. The fraction of sp³-hybridized carbons (Fsp3) is 0.556. The van der Waals surface area contributed by atoms with Gasteiger partial charge in [-0.3, -0.25) is 9.59 Å². The van der Waals surface area contributed by atoms with Gasteiger partial charge in [-0.2, -0.15) is 0 Å². The number of rotatable bonds is 3. The van der Waals surface area contributed by atoms with E-state index in [-0.39, 0.29) is 29.4 Å². The minimum Gasteiger partial charge on any atom is -0.348 e. The molecular formula is C18H24N2O4S. The topological polar surface area (TPSA) is 83.6 Å². The highest BCUT2D eigenvalue weighted by Crippen LogP contribution is 2.19. The molecule has 7 heteroatoms. The van der Waals surface area contributed by atoms with E-state index in [1.165, 1.54) is 0 Å². The molecule has 1 aromatic rings. The van der Waals surface area contributed by atoms with Gasteiger partial charge in [0.25, 0.3) is 11.8 Å². The molecule has 0 saturated carbocycles. The van der Waals surface area contributed by atoms with Crippen LogP contribution in [0.1, 0.15) is 46.9 Å². The number of likely N-dealkylation sites (tertiary alicyclic amines) is 1. The molecule has 2 aliphatic heterocycles. The van der Waals surface area contributed by atoms with E-state index >= 15 is 0 Å². The van der Waals surface area contributed by atoms with Gasteiger partial charge in [-0.1, -0.05) is 13.0 Å². The van der Waals surface area contributed by atoms with Gasteiger partial charge in [0, 0.05) is 30.3 Å². The Kier molecular flexibility index (Phi) is 5.13. The van der Waals surface area contributed by atoms with E-state index in [1.807, 2.05) is 4.90 Å². The van der Waals surface area contributed by atoms with Gasteiger partial charge in [0.2, 0.25) is 0 Å². The van der Waals surface area contributed by atoms with Gasteiger partial charge in [-0.25, -0.2) is 8.42 Å². The molecule has 2 heterocycles. The van der Waals surface area contributed by atoms with Crippen molar-refractivity contribution < 1.29 is 18.0 Å². The minimum atomic E-state index is -3.04. The molecule has 1 N–H and O–H groups in total. The molecule has 2 amide bonds. The summed E-state index contributed by atoms with van der Waals surface area (Å²) in [6.45, 7) is 3.63. The molecule has 0 aliphatic carbocycles. The molecule has 2 fully saturated rings. The van der Waals surface area contributed by atoms with Crippen molar-refractivity contribution in [2.45, 2.75) is 32.2 Å². The SMILES string of the molecule is CC1CCCN(C(=O)c2cccc(C(=O)NC3CCS(=O)(=O)C3)c2)C1. The van der Waals surface area contributed by atoms with Crippen LogP contribution >= 0.6 is 0 Å². The first kappa shape index (κ1) is 17.9. The Bertz CT molecular complexity index is 775. The van der Waals surface area contributed by atoms with E-state index in [0.29, 0.717) is 23.5 Å². The first-order valence-corrected chi connectivity index (χ1v) is 10.6. The predicted molar refractivity (Wildman–Crippen MR) is 95.3 cm³/mol. The molecule has 0 aromatic heterocycles. The van der Waals surface area contributed by atoms with Crippen molar-refractivity contribution in [2.75, 3.05) is 24.6 Å². The third kappa shape index (κ3) is 4.39. The predicted octanol–water partition coefficient (Wildman–Crippen LogP) is 1.48. The molecule has 0 radical (unpaired) electrons. The molecule has 0 bridgehead atoms. The number of amides is 2. The Morgan fingerprint density at radius 1 is 1.20 bits per heavy atom. The van der Waals surface area contributed by atoms with Crippen molar-refractivity contribution in [3.63, 3.8) is 0 Å². The number of hydrogen-bond acceptors (Lipinski definition) is 4. The van der Waals surface area contributed by atoms with Crippen molar-refractivity contribution in [3.05, 3.63) is 35.4 Å². The Morgan fingerprint density at radius 2 is 1.96 bits per heavy atom. The first-order valence-electron chi connectivity index (χ1n) is 8.75. The van der Waals surface area contributed by atoms with Crippen molar-refractivity contribution >= 4 is 21.7 Å². The Morgan fingerprint density at radius 3 is 2.64 bits per heavy atom. The number of nitrogens with zero attached hydrogens (tertiary/aromatic N) is 1. The number of carbonyl (C=O) groups excluding carboxylic acids is 2. The summed E-state index contributed by atoms with van der Waals surface area (Å²) >= 11 is 0. The average molecular weight is 364 g/mol. The molecule has 136 valence electrons. The van der Waals surface area contributed by atoms with Crippen LogP contribution in [0.3, 0.4) is 0 Å². The highest BCUT2D eigenvalue weighted by atomic mass is 32.2. The Balaban J connectivity index is 1.68. The molecule has 2 unspecified atom stereocenters. The van der Waals surface area contributed by atoms with Crippen LogP contribution in [0.2, 0.25) is 0 Å².